The lowest BCUT2D eigenvalue weighted by Gasteiger charge is -2.55. The molecule has 0 unspecified atom stereocenters. The summed E-state index contributed by atoms with van der Waals surface area (Å²) in [6.07, 6.45) is 6.44. The number of rotatable bonds is 6. The molecule has 0 saturated heterocycles. The molecule has 7 nitrogen and oxygen atoms in total. The molecule has 2 aromatic carbocycles. The summed E-state index contributed by atoms with van der Waals surface area (Å²) in [7, 11) is -3.89. The third kappa shape index (κ3) is 4.94. The van der Waals surface area contributed by atoms with Crippen molar-refractivity contribution in [3.8, 4) is 0 Å². The van der Waals surface area contributed by atoms with E-state index in [-0.39, 0.29) is 27.8 Å². The van der Waals surface area contributed by atoms with Gasteiger partial charge in [-0.2, -0.15) is 0 Å². The minimum Gasteiger partial charge on any atom is -0.273 e. The van der Waals surface area contributed by atoms with E-state index in [1.165, 1.54) is 19.3 Å². The topological polar surface area (TPSA) is 104 Å². The van der Waals surface area contributed by atoms with Gasteiger partial charge in [-0.3, -0.25) is 20.4 Å². The second-order valence-electron chi connectivity index (χ2n) is 10.2. The van der Waals surface area contributed by atoms with Gasteiger partial charge in [-0.25, -0.2) is 17.5 Å². The standard InChI is InChI=1S/C25H27ClFN3O4S/c26-21-10-20(5-6-22(21)27)35(33,34)28-14-15-1-3-19(4-2-15)23(31)29-30-24(32)25-11-16-7-17(12-25)9-18(8-16)13-25/h1-6,10,16-18,28H,7-9,11-14H2,(H,29,31)(H,30,32). The zero-order valence-corrected chi connectivity index (χ0v) is 20.6. The van der Waals surface area contributed by atoms with E-state index in [9.17, 15) is 22.4 Å². The highest BCUT2D eigenvalue weighted by atomic mass is 35.5. The van der Waals surface area contributed by atoms with Gasteiger partial charge in [0.05, 0.1) is 15.3 Å². The Morgan fingerprint density at radius 1 is 0.943 bits per heavy atom. The van der Waals surface area contributed by atoms with Crippen molar-refractivity contribution in [3.63, 3.8) is 0 Å². The molecular formula is C25H27ClFN3O4S. The van der Waals surface area contributed by atoms with Crippen LogP contribution in [-0.2, 0) is 21.4 Å². The van der Waals surface area contributed by atoms with E-state index < -0.39 is 21.7 Å². The quantitative estimate of drug-likeness (QED) is 0.503. The predicted molar refractivity (Wildman–Crippen MR) is 128 cm³/mol. The largest absolute Gasteiger partial charge is 0.273 e. The van der Waals surface area contributed by atoms with Gasteiger partial charge in [0.2, 0.25) is 15.9 Å². The Labute approximate surface area is 208 Å². The van der Waals surface area contributed by atoms with Crippen LogP contribution in [0.3, 0.4) is 0 Å². The average Bonchev–Trinajstić information content (AvgIpc) is 2.82. The van der Waals surface area contributed by atoms with Gasteiger partial charge in [-0.1, -0.05) is 23.7 Å². The minimum atomic E-state index is -3.89. The van der Waals surface area contributed by atoms with Crippen LogP contribution in [0.4, 0.5) is 4.39 Å². The number of amides is 2. The maximum Gasteiger partial charge on any atom is 0.269 e. The smallest absolute Gasteiger partial charge is 0.269 e. The van der Waals surface area contributed by atoms with E-state index in [1.807, 2.05) is 0 Å². The molecule has 0 aliphatic heterocycles. The van der Waals surface area contributed by atoms with Crippen LogP contribution in [0.5, 0.6) is 0 Å². The zero-order chi connectivity index (χ0) is 24.8. The molecule has 4 aliphatic rings. The number of halogens is 2. The van der Waals surface area contributed by atoms with Gasteiger partial charge in [0.15, 0.2) is 0 Å². The SMILES string of the molecule is O=C(NNC(=O)C12CC3CC(CC(C3)C1)C2)c1ccc(CNS(=O)(=O)c2ccc(F)c(Cl)c2)cc1. The maximum atomic E-state index is 13.3. The lowest BCUT2D eigenvalue weighted by molar-refractivity contribution is -0.147. The normalized spacial score (nSPS) is 27.0. The second-order valence-corrected chi connectivity index (χ2v) is 12.4. The van der Waals surface area contributed by atoms with Crippen molar-refractivity contribution in [2.45, 2.75) is 50.0 Å². The van der Waals surface area contributed by atoms with E-state index >= 15 is 0 Å². The minimum absolute atomic E-state index is 0.0258. The Hall–Kier alpha value is -2.49. The van der Waals surface area contributed by atoms with Gasteiger partial charge in [0.25, 0.3) is 5.91 Å². The number of hydrogen-bond acceptors (Lipinski definition) is 4. The summed E-state index contributed by atoms with van der Waals surface area (Å²) < 4.78 is 40.6. The molecule has 2 aromatic rings. The van der Waals surface area contributed by atoms with Crippen LogP contribution in [-0.4, -0.2) is 20.2 Å². The van der Waals surface area contributed by atoms with Gasteiger partial charge in [-0.05, 0) is 92.2 Å². The molecule has 4 aliphatic carbocycles. The molecular weight excluding hydrogens is 493 g/mol. The molecule has 0 aromatic heterocycles. The van der Waals surface area contributed by atoms with E-state index in [4.69, 9.17) is 11.6 Å². The highest BCUT2D eigenvalue weighted by Gasteiger charge is 2.54. The van der Waals surface area contributed by atoms with Crippen molar-refractivity contribution in [1.82, 2.24) is 15.6 Å². The molecule has 4 fully saturated rings. The van der Waals surface area contributed by atoms with Crippen molar-refractivity contribution in [2.75, 3.05) is 0 Å². The van der Waals surface area contributed by atoms with Gasteiger partial charge < -0.3 is 0 Å². The molecule has 0 spiro atoms. The van der Waals surface area contributed by atoms with Gasteiger partial charge in [0.1, 0.15) is 5.82 Å². The molecule has 35 heavy (non-hydrogen) atoms. The fourth-order valence-corrected chi connectivity index (χ4v) is 7.68. The molecule has 0 heterocycles. The summed E-state index contributed by atoms with van der Waals surface area (Å²) in [5.41, 5.74) is 5.81. The van der Waals surface area contributed by atoms with Crippen molar-refractivity contribution in [2.24, 2.45) is 23.2 Å². The first-order valence-electron chi connectivity index (χ1n) is 11.8. The summed E-state index contributed by atoms with van der Waals surface area (Å²) >= 11 is 5.68. The Morgan fingerprint density at radius 2 is 1.54 bits per heavy atom. The molecule has 4 bridgehead atoms. The highest BCUT2D eigenvalue weighted by molar-refractivity contribution is 7.89. The van der Waals surface area contributed by atoms with Crippen LogP contribution in [0.1, 0.15) is 54.4 Å². The Kier molecular flexibility index (Phi) is 6.35. The van der Waals surface area contributed by atoms with Gasteiger partial charge in [-0.15, -0.1) is 0 Å². The number of sulfonamides is 1. The summed E-state index contributed by atoms with van der Waals surface area (Å²) in [4.78, 5) is 25.4. The summed E-state index contributed by atoms with van der Waals surface area (Å²) in [6, 6.07) is 9.53. The summed E-state index contributed by atoms with van der Waals surface area (Å²) in [5, 5.41) is -0.279. The number of hydrogen-bond donors (Lipinski definition) is 3. The fraction of sp³-hybridized carbons (Fsp3) is 0.440. The predicted octanol–water partition coefficient (Wildman–Crippen LogP) is 3.94. The molecule has 3 N–H and O–H groups in total. The number of carbonyl (C=O) groups is 2. The highest BCUT2D eigenvalue weighted by Crippen LogP contribution is 2.60. The van der Waals surface area contributed by atoms with Crippen LogP contribution in [0, 0.1) is 29.0 Å². The molecule has 2 amide bonds. The van der Waals surface area contributed by atoms with Crippen LogP contribution >= 0.6 is 11.6 Å². The van der Waals surface area contributed by atoms with E-state index in [0.717, 1.165) is 37.5 Å². The average molecular weight is 520 g/mol. The van der Waals surface area contributed by atoms with Gasteiger partial charge >= 0.3 is 0 Å². The lowest BCUT2D eigenvalue weighted by atomic mass is 9.49. The van der Waals surface area contributed by atoms with Gasteiger partial charge in [0, 0.05) is 12.1 Å². The Balaban J connectivity index is 1.15. The molecule has 0 radical (unpaired) electrons. The number of nitrogens with one attached hydrogen (secondary N) is 3. The van der Waals surface area contributed by atoms with Crippen molar-refractivity contribution in [1.29, 1.82) is 0 Å². The fourth-order valence-electron chi connectivity index (χ4n) is 6.39. The van der Waals surface area contributed by atoms with Crippen LogP contribution in [0.25, 0.3) is 0 Å². The summed E-state index contributed by atoms with van der Waals surface area (Å²) in [5.74, 6) is 0.676. The first kappa shape index (κ1) is 24.2. The second kappa shape index (κ2) is 9.19. The first-order valence-corrected chi connectivity index (χ1v) is 13.6. The molecule has 186 valence electrons. The molecule has 0 atom stereocenters. The van der Waals surface area contributed by atoms with Crippen LogP contribution < -0.4 is 15.6 Å². The van der Waals surface area contributed by atoms with Crippen molar-refractivity contribution < 1.29 is 22.4 Å². The third-order valence-electron chi connectivity index (χ3n) is 7.69. The molecule has 4 saturated carbocycles. The lowest BCUT2D eigenvalue weighted by Crippen LogP contribution is -2.56. The Morgan fingerprint density at radius 3 is 2.11 bits per heavy atom. The maximum absolute atomic E-state index is 13.3. The zero-order valence-electron chi connectivity index (χ0n) is 19.0. The van der Waals surface area contributed by atoms with Crippen molar-refractivity contribution >= 4 is 33.4 Å². The first-order chi connectivity index (χ1) is 16.6. The number of hydrazine groups is 1. The van der Waals surface area contributed by atoms with E-state index in [0.29, 0.717) is 28.9 Å². The van der Waals surface area contributed by atoms with Crippen LogP contribution in [0.15, 0.2) is 47.4 Å². The number of benzene rings is 2. The van der Waals surface area contributed by atoms with E-state index in [1.54, 1.807) is 24.3 Å². The van der Waals surface area contributed by atoms with E-state index in [2.05, 4.69) is 15.6 Å². The summed E-state index contributed by atoms with van der Waals surface area (Å²) in [6.45, 7) is -0.0258. The monoisotopic (exact) mass is 519 g/mol. The number of carbonyl (C=O) groups excluding carboxylic acids is 2. The molecule has 10 heteroatoms. The molecule has 6 rings (SSSR count). The Bertz CT molecular complexity index is 1230. The van der Waals surface area contributed by atoms with Crippen molar-refractivity contribution in [3.05, 3.63) is 64.4 Å². The van der Waals surface area contributed by atoms with Crippen LogP contribution in [0.2, 0.25) is 5.02 Å². The third-order valence-corrected chi connectivity index (χ3v) is 9.38.